The van der Waals surface area contributed by atoms with Gasteiger partial charge < -0.3 is 10.2 Å². The van der Waals surface area contributed by atoms with Gasteiger partial charge in [0, 0.05) is 0 Å². The minimum atomic E-state index is -1.05. The van der Waals surface area contributed by atoms with E-state index in [-0.39, 0.29) is 16.9 Å². The van der Waals surface area contributed by atoms with Crippen molar-refractivity contribution >= 4 is 0 Å². The first kappa shape index (κ1) is 15.1. The molecule has 0 heterocycles. The topological polar surface area (TPSA) is 40.5 Å². The zero-order valence-electron chi connectivity index (χ0n) is 13.8. The molecule has 0 spiro atoms. The Morgan fingerprint density at radius 3 is 2.73 bits per heavy atom. The van der Waals surface area contributed by atoms with E-state index in [9.17, 15) is 14.6 Å². The minimum absolute atomic E-state index is 0.0985. The van der Waals surface area contributed by atoms with Gasteiger partial charge in [0.1, 0.15) is 6.17 Å². The summed E-state index contributed by atoms with van der Waals surface area (Å²) in [5.41, 5.74) is 1.41. The van der Waals surface area contributed by atoms with Crippen LogP contribution in [0.4, 0.5) is 4.39 Å². The highest BCUT2D eigenvalue weighted by Gasteiger charge is 2.61. The van der Waals surface area contributed by atoms with E-state index < -0.39 is 12.3 Å². The Kier molecular flexibility index (Phi) is 3.30. The van der Waals surface area contributed by atoms with Gasteiger partial charge in [0.25, 0.3) is 0 Å². The third kappa shape index (κ3) is 1.84. The zero-order chi connectivity index (χ0) is 15.7. The van der Waals surface area contributed by atoms with Crippen molar-refractivity contribution in [2.75, 3.05) is 0 Å². The van der Waals surface area contributed by atoms with E-state index in [2.05, 4.69) is 19.9 Å². The summed E-state index contributed by atoms with van der Waals surface area (Å²) in [6, 6.07) is 0. The van der Waals surface area contributed by atoms with Crippen LogP contribution in [0, 0.1) is 28.6 Å². The molecule has 4 rings (SSSR count). The van der Waals surface area contributed by atoms with Crippen molar-refractivity contribution in [2.24, 2.45) is 28.6 Å². The number of halogens is 1. The molecule has 8 atom stereocenters. The maximum absolute atomic E-state index is 14.2. The first-order valence-electron chi connectivity index (χ1n) is 9.06. The average molecular weight is 308 g/mol. The van der Waals surface area contributed by atoms with E-state index in [1.807, 2.05) is 0 Å². The number of aliphatic hydroxyl groups excluding tert-OH is 2. The van der Waals surface area contributed by atoms with Crippen LogP contribution in [0.15, 0.2) is 11.6 Å². The van der Waals surface area contributed by atoms with Crippen molar-refractivity contribution in [1.29, 1.82) is 0 Å². The summed E-state index contributed by atoms with van der Waals surface area (Å²) >= 11 is 0. The first-order valence-corrected chi connectivity index (χ1v) is 9.06. The molecule has 3 saturated carbocycles. The second kappa shape index (κ2) is 4.80. The van der Waals surface area contributed by atoms with Crippen molar-refractivity contribution in [3.8, 4) is 0 Å². The predicted octanol–water partition coefficient (Wildman–Crippen LogP) is 3.62. The van der Waals surface area contributed by atoms with Crippen molar-refractivity contribution in [2.45, 2.75) is 77.2 Å². The fourth-order valence-electron chi connectivity index (χ4n) is 6.74. The van der Waals surface area contributed by atoms with Gasteiger partial charge in [-0.2, -0.15) is 0 Å². The van der Waals surface area contributed by atoms with Crippen molar-refractivity contribution < 1.29 is 14.6 Å². The molecule has 0 amide bonds. The Balaban J connectivity index is 1.68. The zero-order valence-corrected chi connectivity index (χ0v) is 13.8. The van der Waals surface area contributed by atoms with Gasteiger partial charge in [-0.25, -0.2) is 4.39 Å². The fourth-order valence-corrected chi connectivity index (χ4v) is 6.74. The predicted molar refractivity (Wildman–Crippen MR) is 84.0 cm³/mol. The summed E-state index contributed by atoms with van der Waals surface area (Å²) in [5.74, 6) is 1.38. The largest absolute Gasteiger partial charge is 0.393 e. The lowest BCUT2D eigenvalue weighted by atomic mass is 9.47. The summed E-state index contributed by atoms with van der Waals surface area (Å²) in [7, 11) is 0. The van der Waals surface area contributed by atoms with Crippen LogP contribution in [0.5, 0.6) is 0 Å². The lowest BCUT2D eigenvalue weighted by molar-refractivity contribution is -0.0857. The molecule has 0 saturated heterocycles. The second-order valence-corrected chi connectivity index (χ2v) is 8.90. The van der Waals surface area contributed by atoms with Crippen LogP contribution in [0.1, 0.15) is 58.8 Å². The lowest BCUT2D eigenvalue weighted by Gasteiger charge is -2.58. The van der Waals surface area contributed by atoms with Crippen LogP contribution in [-0.2, 0) is 0 Å². The number of fused-ring (bicyclic) bond motifs is 5. The lowest BCUT2D eigenvalue weighted by Crippen LogP contribution is -2.52. The molecule has 4 aliphatic carbocycles. The second-order valence-electron chi connectivity index (χ2n) is 8.90. The van der Waals surface area contributed by atoms with Crippen LogP contribution >= 0.6 is 0 Å². The molecule has 3 heteroatoms. The van der Waals surface area contributed by atoms with Crippen LogP contribution in [0.3, 0.4) is 0 Å². The highest BCUT2D eigenvalue weighted by molar-refractivity contribution is 5.25. The fraction of sp³-hybridized carbons (Fsp3) is 0.895. The molecule has 2 nitrogen and oxygen atoms in total. The molecule has 0 aromatic carbocycles. The third-order valence-electron chi connectivity index (χ3n) is 7.97. The monoisotopic (exact) mass is 308 g/mol. The number of rotatable bonds is 0. The Labute approximate surface area is 132 Å². The molecule has 4 aliphatic rings. The number of allylic oxidation sites excluding steroid dienone is 1. The van der Waals surface area contributed by atoms with Crippen molar-refractivity contribution in [3.63, 3.8) is 0 Å². The summed E-state index contributed by atoms with van der Waals surface area (Å²) < 4.78 is 14.2. The highest BCUT2D eigenvalue weighted by atomic mass is 19.1. The van der Waals surface area contributed by atoms with E-state index in [4.69, 9.17) is 0 Å². The van der Waals surface area contributed by atoms with Gasteiger partial charge in [0.2, 0.25) is 0 Å². The third-order valence-corrected chi connectivity index (χ3v) is 7.97. The van der Waals surface area contributed by atoms with Crippen molar-refractivity contribution in [1.82, 2.24) is 0 Å². The molecule has 0 aromatic heterocycles. The van der Waals surface area contributed by atoms with E-state index in [1.165, 1.54) is 5.57 Å². The van der Waals surface area contributed by atoms with Crippen molar-refractivity contribution in [3.05, 3.63) is 11.6 Å². The minimum Gasteiger partial charge on any atom is -0.393 e. The molecular formula is C19H29FO2. The number of hydrogen-bond acceptors (Lipinski definition) is 2. The van der Waals surface area contributed by atoms with E-state index >= 15 is 0 Å². The standard InChI is InChI=1S/C19H29FO2/c1-18-8-7-14-13(15(18)9-16(20)17(18)22)6-4-11-3-5-12(21)10-19(11,14)2/h3,12-17,21-22H,4-10H2,1-2H3/t12-,13-,14+,15+,16-,17-,18+,19+/m1/s1. The first-order chi connectivity index (χ1) is 10.4. The van der Waals surface area contributed by atoms with Gasteiger partial charge >= 0.3 is 0 Å². The highest BCUT2D eigenvalue weighted by Crippen LogP contribution is 2.65. The number of hydrogen-bond donors (Lipinski definition) is 2. The maximum Gasteiger partial charge on any atom is 0.127 e. The molecule has 0 radical (unpaired) electrons. The summed E-state index contributed by atoms with van der Waals surface area (Å²) in [6.07, 6.45) is 6.68. The number of aliphatic hydroxyl groups is 2. The number of alkyl halides is 1. The Bertz CT molecular complexity index is 504. The molecule has 124 valence electrons. The molecular weight excluding hydrogens is 279 g/mol. The molecule has 22 heavy (non-hydrogen) atoms. The quantitative estimate of drug-likeness (QED) is 0.671. The Hall–Kier alpha value is -0.410. The van der Waals surface area contributed by atoms with E-state index in [0.717, 1.165) is 38.5 Å². The average Bonchev–Trinajstić information content (AvgIpc) is 2.70. The van der Waals surface area contributed by atoms with Crippen LogP contribution in [0.2, 0.25) is 0 Å². The molecule has 0 aromatic rings. The normalized spacial score (nSPS) is 57.6. The van der Waals surface area contributed by atoms with Gasteiger partial charge in [-0.1, -0.05) is 25.5 Å². The molecule has 3 fully saturated rings. The van der Waals surface area contributed by atoms with E-state index in [0.29, 0.717) is 24.2 Å². The molecule has 2 N–H and O–H groups in total. The van der Waals surface area contributed by atoms with Gasteiger partial charge in [-0.05, 0) is 73.5 Å². The SMILES string of the molecule is C[C@]12CC[C@H]3[C@@H](CCC4=CC[C@@H](O)C[C@@]43C)[C@@H]1C[C@@H](F)[C@H]2O. The van der Waals surface area contributed by atoms with Crippen LogP contribution in [0.25, 0.3) is 0 Å². The molecule has 0 bridgehead atoms. The molecule has 0 unspecified atom stereocenters. The maximum atomic E-state index is 14.2. The molecule has 0 aliphatic heterocycles. The van der Waals surface area contributed by atoms with Gasteiger partial charge in [-0.3, -0.25) is 0 Å². The van der Waals surface area contributed by atoms with Gasteiger partial charge in [-0.15, -0.1) is 0 Å². The Morgan fingerprint density at radius 2 is 1.95 bits per heavy atom. The summed E-state index contributed by atoms with van der Waals surface area (Å²) in [5, 5.41) is 20.5. The van der Waals surface area contributed by atoms with Crippen LogP contribution in [-0.4, -0.2) is 28.6 Å². The van der Waals surface area contributed by atoms with Crippen LogP contribution < -0.4 is 0 Å². The summed E-state index contributed by atoms with van der Waals surface area (Å²) in [4.78, 5) is 0. The smallest absolute Gasteiger partial charge is 0.127 e. The van der Waals surface area contributed by atoms with E-state index in [1.54, 1.807) is 0 Å². The Morgan fingerprint density at radius 1 is 1.18 bits per heavy atom. The van der Waals surface area contributed by atoms with Gasteiger partial charge in [0.05, 0.1) is 12.2 Å². The van der Waals surface area contributed by atoms with Gasteiger partial charge in [0.15, 0.2) is 0 Å². The summed E-state index contributed by atoms with van der Waals surface area (Å²) in [6.45, 7) is 4.44.